The van der Waals surface area contributed by atoms with Crippen LogP contribution in [0.2, 0.25) is 0 Å². The minimum absolute atomic E-state index is 0.147. The van der Waals surface area contributed by atoms with Crippen molar-refractivity contribution >= 4 is 5.91 Å². The van der Waals surface area contributed by atoms with Gasteiger partial charge < -0.3 is 14.8 Å². The molecule has 0 saturated carbocycles. The van der Waals surface area contributed by atoms with E-state index in [1.807, 2.05) is 45.0 Å². The van der Waals surface area contributed by atoms with Crippen molar-refractivity contribution in [1.29, 1.82) is 0 Å². The highest BCUT2D eigenvalue weighted by Gasteiger charge is 2.14. The van der Waals surface area contributed by atoms with Crippen LogP contribution in [-0.2, 0) is 6.42 Å². The average Bonchev–Trinajstić information content (AvgIpc) is 2.54. The van der Waals surface area contributed by atoms with Crippen LogP contribution in [0, 0.1) is 0 Å². The lowest BCUT2D eigenvalue weighted by molar-refractivity contribution is 0.0949. The van der Waals surface area contributed by atoms with E-state index in [0.717, 1.165) is 11.3 Å². The molecule has 0 aliphatic carbocycles. The van der Waals surface area contributed by atoms with Crippen molar-refractivity contribution in [2.24, 2.45) is 0 Å². The van der Waals surface area contributed by atoms with Crippen LogP contribution >= 0.6 is 0 Å². The highest BCUT2D eigenvalue weighted by atomic mass is 16.5. The number of aromatic nitrogens is 1. The van der Waals surface area contributed by atoms with E-state index in [1.165, 1.54) is 0 Å². The first-order valence-electron chi connectivity index (χ1n) is 7.94. The molecule has 2 aromatic rings. The summed E-state index contributed by atoms with van der Waals surface area (Å²) in [7, 11) is 1.64. The molecule has 1 aromatic carbocycles. The number of rotatable bonds is 6. The van der Waals surface area contributed by atoms with E-state index < -0.39 is 0 Å². The Hall–Kier alpha value is -2.56. The normalized spacial score (nSPS) is 11.0. The quantitative estimate of drug-likeness (QED) is 0.884. The summed E-state index contributed by atoms with van der Waals surface area (Å²) in [4.78, 5) is 16.4. The van der Waals surface area contributed by atoms with Gasteiger partial charge in [0.05, 0.1) is 7.11 Å². The second-order valence-corrected chi connectivity index (χ2v) is 6.41. The van der Waals surface area contributed by atoms with Crippen LogP contribution in [0.3, 0.4) is 0 Å². The summed E-state index contributed by atoms with van der Waals surface area (Å²) in [5.41, 5.74) is 1.24. The van der Waals surface area contributed by atoms with E-state index in [-0.39, 0.29) is 11.5 Å². The van der Waals surface area contributed by atoms with Gasteiger partial charge in [-0.2, -0.15) is 0 Å². The number of nitrogens with one attached hydrogen (secondary N) is 1. The number of para-hydroxylation sites is 1. The zero-order valence-corrected chi connectivity index (χ0v) is 14.6. The van der Waals surface area contributed by atoms with E-state index in [2.05, 4.69) is 10.3 Å². The molecule has 0 fully saturated rings. The maximum absolute atomic E-state index is 12.3. The van der Waals surface area contributed by atoms with Gasteiger partial charge >= 0.3 is 0 Å². The molecule has 0 unspecified atom stereocenters. The third-order valence-corrected chi connectivity index (χ3v) is 3.28. The Balaban J connectivity index is 1.94. The van der Waals surface area contributed by atoms with Gasteiger partial charge in [0.15, 0.2) is 0 Å². The Labute approximate surface area is 143 Å². The second-order valence-electron chi connectivity index (χ2n) is 6.41. The first-order valence-corrected chi connectivity index (χ1v) is 7.94. The lowest BCUT2D eigenvalue weighted by atomic mass is 10.1. The zero-order chi connectivity index (χ0) is 17.6. The third kappa shape index (κ3) is 5.26. The summed E-state index contributed by atoms with van der Waals surface area (Å²) in [5, 5.41) is 2.91. The minimum Gasteiger partial charge on any atom is -0.496 e. The van der Waals surface area contributed by atoms with Gasteiger partial charge in [0.1, 0.15) is 11.4 Å². The topological polar surface area (TPSA) is 60.5 Å². The number of hydrogen-bond donors (Lipinski definition) is 1. The fourth-order valence-corrected chi connectivity index (χ4v) is 2.24. The van der Waals surface area contributed by atoms with Gasteiger partial charge in [-0.15, -0.1) is 0 Å². The van der Waals surface area contributed by atoms with Gasteiger partial charge in [0.2, 0.25) is 5.88 Å². The molecule has 128 valence electrons. The van der Waals surface area contributed by atoms with Gasteiger partial charge in [0.25, 0.3) is 5.91 Å². The Kier molecular flexibility index (Phi) is 5.79. The van der Waals surface area contributed by atoms with Crippen LogP contribution in [0.15, 0.2) is 42.6 Å². The van der Waals surface area contributed by atoms with Gasteiger partial charge in [-0.05, 0) is 44.9 Å². The van der Waals surface area contributed by atoms with Gasteiger partial charge in [0, 0.05) is 24.4 Å². The van der Waals surface area contributed by atoms with Crippen molar-refractivity contribution in [2.45, 2.75) is 32.8 Å². The fraction of sp³-hybridized carbons (Fsp3) is 0.368. The van der Waals surface area contributed by atoms with Gasteiger partial charge in [-0.1, -0.05) is 18.2 Å². The predicted molar refractivity (Wildman–Crippen MR) is 93.6 cm³/mol. The van der Waals surface area contributed by atoms with Crippen molar-refractivity contribution in [2.75, 3.05) is 13.7 Å². The molecule has 0 radical (unpaired) electrons. The molecule has 5 heteroatoms. The number of carbonyl (C=O) groups excluding carboxylic acids is 1. The summed E-state index contributed by atoms with van der Waals surface area (Å²) in [6, 6.07) is 11.1. The average molecular weight is 328 g/mol. The standard InChI is InChI=1S/C19H24N2O3/c1-19(2,3)24-17-13-15(10-11-20-17)18(22)21-12-9-14-7-5-6-8-16(14)23-4/h5-8,10-11,13H,9,12H2,1-4H3,(H,21,22). The first kappa shape index (κ1) is 17.8. The van der Waals surface area contributed by atoms with Crippen molar-refractivity contribution in [3.8, 4) is 11.6 Å². The van der Waals surface area contributed by atoms with E-state index >= 15 is 0 Å². The number of amides is 1. The van der Waals surface area contributed by atoms with Crippen LogP contribution in [0.1, 0.15) is 36.7 Å². The molecular weight excluding hydrogens is 304 g/mol. The van der Waals surface area contributed by atoms with Crippen LogP contribution in [0.5, 0.6) is 11.6 Å². The molecule has 0 aliphatic rings. The Morgan fingerprint density at radius 2 is 1.96 bits per heavy atom. The largest absolute Gasteiger partial charge is 0.496 e. The zero-order valence-electron chi connectivity index (χ0n) is 14.6. The number of hydrogen-bond acceptors (Lipinski definition) is 4. The number of methoxy groups -OCH3 is 1. The van der Waals surface area contributed by atoms with E-state index in [0.29, 0.717) is 24.4 Å². The van der Waals surface area contributed by atoms with Gasteiger partial charge in [-0.25, -0.2) is 4.98 Å². The molecule has 0 bridgehead atoms. The van der Waals surface area contributed by atoms with Crippen molar-refractivity contribution in [1.82, 2.24) is 10.3 Å². The van der Waals surface area contributed by atoms with Crippen molar-refractivity contribution in [3.05, 3.63) is 53.7 Å². The number of pyridine rings is 1. The molecule has 1 aromatic heterocycles. The monoisotopic (exact) mass is 328 g/mol. The van der Waals surface area contributed by atoms with Crippen LogP contribution in [-0.4, -0.2) is 30.1 Å². The molecule has 0 aliphatic heterocycles. The fourth-order valence-electron chi connectivity index (χ4n) is 2.24. The Bertz CT molecular complexity index is 693. The third-order valence-electron chi connectivity index (χ3n) is 3.28. The van der Waals surface area contributed by atoms with E-state index in [4.69, 9.17) is 9.47 Å². The Morgan fingerprint density at radius 1 is 1.21 bits per heavy atom. The van der Waals surface area contributed by atoms with Crippen LogP contribution in [0.25, 0.3) is 0 Å². The lowest BCUT2D eigenvalue weighted by Gasteiger charge is -2.20. The molecule has 0 saturated heterocycles. The molecule has 5 nitrogen and oxygen atoms in total. The minimum atomic E-state index is -0.355. The Morgan fingerprint density at radius 3 is 2.67 bits per heavy atom. The molecule has 24 heavy (non-hydrogen) atoms. The number of nitrogens with zero attached hydrogens (tertiary/aromatic N) is 1. The van der Waals surface area contributed by atoms with Crippen molar-refractivity contribution < 1.29 is 14.3 Å². The summed E-state index contributed by atoms with van der Waals surface area (Å²) >= 11 is 0. The molecule has 2 rings (SSSR count). The smallest absolute Gasteiger partial charge is 0.251 e. The van der Waals surface area contributed by atoms with Crippen LogP contribution in [0.4, 0.5) is 0 Å². The highest BCUT2D eigenvalue weighted by molar-refractivity contribution is 5.94. The SMILES string of the molecule is COc1ccccc1CCNC(=O)c1ccnc(OC(C)(C)C)c1. The summed E-state index contributed by atoms with van der Waals surface area (Å²) in [6.45, 7) is 6.34. The lowest BCUT2D eigenvalue weighted by Crippen LogP contribution is -2.27. The van der Waals surface area contributed by atoms with E-state index in [9.17, 15) is 4.79 Å². The molecule has 0 atom stereocenters. The van der Waals surface area contributed by atoms with Crippen molar-refractivity contribution in [3.63, 3.8) is 0 Å². The molecule has 0 spiro atoms. The maximum atomic E-state index is 12.3. The highest BCUT2D eigenvalue weighted by Crippen LogP contribution is 2.18. The number of ether oxygens (including phenoxy) is 2. The molecule has 1 N–H and O–H groups in total. The number of benzene rings is 1. The summed E-state index contributed by atoms with van der Waals surface area (Å²) < 4.78 is 11.0. The summed E-state index contributed by atoms with van der Waals surface area (Å²) in [6.07, 6.45) is 2.28. The molecular formula is C19H24N2O3. The molecule has 1 heterocycles. The number of carbonyl (C=O) groups is 1. The van der Waals surface area contributed by atoms with Crippen LogP contribution < -0.4 is 14.8 Å². The van der Waals surface area contributed by atoms with E-state index in [1.54, 1.807) is 25.4 Å². The summed E-state index contributed by atoms with van der Waals surface area (Å²) in [5.74, 6) is 1.13. The van der Waals surface area contributed by atoms with Gasteiger partial charge in [-0.3, -0.25) is 4.79 Å². The first-order chi connectivity index (χ1) is 11.4. The maximum Gasteiger partial charge on any atom is 0.251 e. The predicted octanol–water partition coefficient (Wildman–Crippen LogP) is 3.24. The second kappa shape index (κ2) is 7.81. The molecule has 1 amide bonds.